The standard InChI is InChI=1S/C20H18N2.2BrH/c1-3-11-19-17(7-1)9-5-13-21(19)15-16-22-14-6-10-18-8-2-4-12-20(18)22;;/h1-14H,15-16H2;2*1H/q+2;;/p-2. The van der Waals surface area contributed by atoms with Gasteiger partial charge in [-0.2, -0.15) is 9.13 Å². The molecule has 0 radical (unpaired) electrons. The third-order valence-corrected chi connectivity index (χ3v) is 4.16. The fraction of sp³-hybridized carbons (Fsp3) is 0.100. The first-order valence-corrected chi connectivity index (χ1v) is 7.66. The van der Waals surface area contributed by atoms with Crippen LogP contribution in [0, 0.1) is 0 Å². The molecule has 4 rings (SSSR count). The van der Waals surface area contributed by atoms with Crippen LogP contribution in [0.4, 0.5) is 0 Å². The topological polar surface area (TPSA) is 7.76 Å². The minimum Gasteiger partial charge on any atom is -1.00 e. The predicted octanol–water partition coefficient (Wildman–Crippen LogP) is -2.72. The minimum absolute atomic E-state index is 0. The summed E-state index contributed by atoms with van der Waals surface area (Å²) in [4.78, 5) is 0. The van der Waals surface area contributed by atoms with Crippen molar-refractivity contribution in [2.24, 2.45) is 0 Å². The summed E-state index contributed by atoms with van der Waals surface area (Å²) >= 11 is 0. The van der Waals surface area contributed by atoms with Gasteiger partial charge in [-0.3, -0.25) is 0 Å². The van der Waals surface area contributed by atoms with Gasteiger partial charge in [0, 0.05) is 35.0 Å². The molecule has 0 fully saturated rings. The van der Waals surface area contributed by atoms with Crippen molar-refractivity contribution in [1.29, 1.82) is 0 Å². The number of halogens is 2. The van der Waals surface area contributed by atoms with Gasteiger partial charge in [-0.25, -0.2) is 0 Å². The maximum atomic E-state index is 2.32. The molecular formula is C20H18Br2N2. The van der Waals surface area contributed by atoms with Gasteiger partial charge in [-0.1, -0.05) is 24.3 Å². The molecule has 0 saturated heterocycles. The number of pyridine rings is 2. The second-order valence-electron chi connectivity index (χ2n) is 5.52. The molecule has 0 aliphatic heterocycles. The molecule has 2 aromatic heterocycles. The lowest BCUT2D eigenvalue weighted by Gasteiger charge is -2.02. The quantitative estimate of drug-likeness (QED) is 0.303. The fourth-order valence-corrected chi connectivity index (χ4v) is 3.05. The van der Waals surface area contributed by atoms with E-state index in [9.17, 15) is 0 Å². The van der Waals surface area contributed by atoms with Crippen LogP contribution in [0.2, 0.25) is 0 Å². The second kappa shape index (κ2) is 8.36. The molecule has 0 unspecified atom stereocenters. The molecule has 2 nitrogen and oxygen atoms in total. The Bertz CT molecular complexity index is 864. The maximum Gasteiger partial charge on any atom is 0.212 e. The van der Waals surface area contributed by atoms with Crippen molar-refractivity contribution in [3.8, 4) is 0 Å². The lowest BCUT2D eigenvalue weighted by Crippen LogP contribution is -3.00. The highest BCUT2D eigenvalue weighted by Crippen LogP contribution is 2.09. The van der Waals surface area contributed by atoms with Crippen molar-refractivity contribution in [3.05, 3.63) is 85.2 Å². The lowest BCUT2D eigenvalue weighted by atomic mass is 10.2. The average Bonchev–Trinajstić information content (AvgIpc) is 2.60. The summed E-state index contributed by atoms with van der Waals surface area (Å²) in [6.45, 7) is 1.92. The number of aromatic nitrogens is 2. The van der Waals surface area contributed by atoms with Crippen molar-refractivity contribution >= 4 is 21.8 Å². The van der Waals surface area contributed by atoms with Crippen molar-refractivity contribution < 1.29 is 43.1 Å². The van der Waals surface area contributed by atoms with Gasteiger partial charge in [0.2, 0.25) is 24.1 Å². The van der Waals surface area contributed by atoms with Gasteiger partial charge in [-0.05, 0) is 24.3 Å². The molecule has 0 atom stereocenters. The van der Waals surface area contributed by atoms with E-state index >= 15 is 0 Å². The van der Waals surface area contributed by atoms with Gasteiger partial charge < -0.3 is 34.0 Å². The summed E-state index contributed by atoms with van der Waals surface area (Å²) in [5.41, 5.74) is 2.57. The highest BCUT2D eigenvalue weighted by Gasteiger charge is 2.12. The molecule has 2 aromatic carbocycles. The van der Waals surface area contributed by atoms with Crippen LogP contribution in [-0.2, 0) is 13.1 Å². The Balaban J connectivity index is 0.00000104. The van der Waals surface area contributed by atoms with E-state index in [2.05, 4.69) is 94.3 Å². The van der Waals surface area contributed by atoms with Gasteiger partial charge in [0.15, 0.2) is 12.4 Å². The molecule has 0 bridgehead atoms. The monoisotopic (exact) mass is 444 g/mol. The number of para-hydroxylation sites is 2. The second-order valence-corrected chi connectivity index (χ2v) is 5.52. The molecule has 4 heteroatoms. The molecule has 0 spiro atoms. The van der Waals surface area contributed by atoms with Crippen LogP contribution in [0.15, 0.2) is 85.2 Å². The van der Waals surface area contributed by atoms with E-state index < -0.39 is 0 Å². The Morgan fingerprint density at radius 3 is 1.33 bits per heavy atom. The van der Waals surface area contributed by atoms with Gasteiger partial charge >= 0.3 is 0 Å². The van der Waals surface area contributed by atoms with E-state index in [4.69, 9.17) is 0 Å². The van der Waals surface area contributed by atoms with E-state index in [1.54, 1.807) is 0 Å². The largest absolute Gasteiger partial charge is 1.00 e. The first-order chi connectivity index (χ1) is 10.9. The number of benzene rings is 2. The molecule has 0 aliphatic rings. The molecule has 2 heterocycles. The molecule has 0 N–H and O–H groups in total. The van der Waals surface area contributed by atoms with E-state index in [1.165, 1.54) is 21.8 Å². The van der Waals surface area contributed by atoms with Crippen LogP contribution in [0.5, 0.6) is 0 Å². The van der Waals surface area contributed by atoms with Crippen LogP contribution in [0.3, 0.4) is 0 Å². The van der Waals surface area contributed by atoms with Gasteiger partial charge in [0.1, 0.15) is 0 Å². The molecule has 24 heavy (non-hydrogen) atoms. The van der Waals surface area contributed by atoms with Crippen LogP contribution in [-0.4, -0.2) is 0 Å². The van der Waals surface area contributed by atoms with Crippen molar-refractivity contribution in [2.75, 3.05) is 0 Å². The normalized spacial score (nSPS) is 10.2. The molecule has 0 saturated carbocycles. The van der Waals surface area contributed by atoms with Gasteiger partial charge in [0.05, 0.1) is 0 Å². The number of hydrogen-bond donors (Lipinski definition) is 0. The fourth-order valence-electron chi connectivity index (χ4n) is 3.05. The van der Waals surface area contributed by atoms with E-state index in [1.807, 2.05) is 0 Å². The summed E-state index contributed by atoms with van der Waals surface area (Å²) in [5, 5.41) is 2.57. The molecule has 4 aromatic rings. The number of rotatable bonds is 3. The third kappa shape index (κ3) is 3.65. The maximum absolute atomic E-state index is 2.32. The minimum atomic E-state index is 0. The van der Waals surface area contributed by atoms with Crippen molar-refractivity contribution in [3.63, 3.8) is 0 Å². The summed E-state index contributed by atoms with van der Waals surface area (Å²) in [6.07, 6.45) is 4.32. The zero-order chi connectivity index (χ0) is 14.8. The Kier molecular flexibility index (Phi) is 6.46. The Morgan fingerprint density at radius 2 is 0.875 bits per heavy atom. The number of aryl methyl sites for hydroxylation is 2. The summed E-state index contributed by atoms with van der Waals surface area (Å²) in [6, 6.07) is 25.6. The molecular weight excluding hydrogens is 428 g/mol. The first kappa shape index (κ1) is 18.6. The summed E-state index contributed by atoms with van der Waals surface area (Å²) in [7, 11) is 0. The van der Waals surface area contributed by atoms with E-state index in [-0.39, 0.29) is 34.0 Å². The van der Waals surface area contributed by atoms with Crippen molar-refractivity contribution in [1.82, 2.24) is 0 Å². The number of hydrogen-bond acceptors (Lipinski definition) is 0. The number of nitrogens with zero attached hydrogens (tertiary/aromatic N) is 2. The summed E-state index contributed by atoms with van der Waals surface area (Å²) < 4.78 is 4.65. The van der Waals surface area contributed by atoms with Crippen LogP contribution >= 0.6 is 0 Å². The smallest absolute Gasteiger partial charge is 0.212 e. The van der Waals surface area contributed by atoms with Crippen LogP contribution in [0.25, 0.3) is 21.8 Å². The Labute approximate surface area is 162 Å². The van der Waals surface area contributed by atoms with Crippen molar-refractivity contribution in [2.45, 2.75) is 13.1 Å². The molecule has 122 valence electrons. The average molecular weight is 446 g/mol. The highest BCUT2D eigenvalue weighted by atomic mass is 79.9. The van der Waals surface area contributed by atoms with Crippen LogP contribution in [0.1, 0.15) is 0 Å². The number of fused-ring (bicyclic) bond motifs is 2. The van der Waals surface area contributed by atoms with Gasteiger partial charge in [-0.15, -0.1) is 0 Å². The van der Waals surface area contributed by atoms with E-state index in [0.29, 0.717) is 0 Å². The van der Waals surface area contributed by atoms with E-state index in [0.717, 1.165) is 13.1 Å². The highest BCUT2D eigenvalue weighted by molar-refractivity contribution is 5.75. The lowest BCUT2D eigenvalue weighted by molar-refractivity contribution is -0.754. The van der Waals surface area contributed by atoms with Crippen LogP contribution < -0.4 is 43.1 Å². The first-order valence-electron chi connectivity index (χ1n) is 7.66. The summed E-state index contributed by atoms with van der Waals surface area (Å²) in [5.74, 6) is 0. The SMILES string of the molecule is [Br-].[Br-].c1ccc2c(c1)ccc[n+]2CC[n+]1cccc2ccccc21. The third-order valence-electron chi connectivity index (χ3n) is 4.16. The molecule has 0 amide bonds. The predicted molar refractivity (Wildman–Crippen MR) is 88.3 cm³/mol. The zero-order valence-corrected chi connectivity index (χ0v) is 16.3. The zero-order valence-electron chi connectivity index (χ0n) is 13.1. The molecule has 0 aliphatic carbocycles. The Hall–Kier alpha value is -1.78. The Morgan fingerprint density at radius 1 is 0.500 bits per heavy atom. The van der Waals surface area contributed by atoms with Gasteiger partial charge in [0.25, 0.3) is 0 Å².